The van der Waals surface area contributed by atoms with Crippen molar-refractivity contribution >= 4 is 11.8 Å². The normalized spacial score (nSPS) is 46.5. The average molecular weight is 264 g/mol. The molecular formula is C15H20O4. The molecule has 4 nitrogen and oxygen atoms in total. The fourth-order valence-electron chi connectivity index (χ4n) is 3.97. The van der Waals surface area contributed by atoms with Crippen LogP contribution in [-0.2, 0) is 14.3 Å². The number of allylic oxidation sites excluding steroid dienone is 1. The highest BCUT2D eigenvalue weighted by molar-refractivity contribution is 5.99. The first-order valence-corrected chi connectivity index (χ1v) is 7.04. The fourth-order valence-corrected chi connectivity index (χ4v) is 3.97. The van der Waals surface area contributed by atoms with Crippen LogP contribution >= 0.6 is 0 Å². The van der Waals surface area contributed by atoms with Crippen molar-refractivity contribution in [2.75, 3.05) is 0 Å². The Labute approximate surface area is 112 Å². The first-order chi connectivity index (χ1) is 8.93. The summed E-state index contributed by atoms with van der Waals surface area (Å²) in [5.74, 6) is -0.752. The molecule has 1 N–H and O–H groups in total. The number of esters is 1. The summed E-state index contributed by atoms with van der Waals surface area (Å²) in [5, 5.41) is 10.7. The molecule has 0 aromatic rings. The van der Waals surface area contributed by atoms with Gasteiger partial charge in [-0.3, -0.25) is 9.59 Å². The third-order valence-corrected chi connectivity index (χ3v) is 5.52. The number of rotatable bonds is 2. The van der Waals surface area contributed by atoms with Crippen LogP contribution in [0.3, 0.4) is 0 Å². The van der Waals surface area contributed by atoms with E-state index >= 15 is 0 Å². The van der Waals surface area contributed by atoms with E-state index in [4.69, 9.17) is 4.74 Å². The van der Waals surface area contributed by atoms with E-state index in [-0.39, 0.29) is 24.0 Å². The molecule has 1 saturated carbocycles. The van der Waals surface area contributed by atoms with Crippen molar-refractivity contribution in [1.29, 1.82) is 0 Å². The highest BCUT2D eigenvalue weighted by Gasteiger charge is 2.77. The number of hydrogen-bond donors (Lipinski definition) is 1. The zero-order chi connectivity index (χ0) is 13.8. The van der Waals surface area contributed by atoms with Crippen LogP contribution < -0.4 is 0 Å². The van der Waals surface area contributed by atoms with Crippen molar-refractivity contribution in [1.82, 2.24) is 0 Å². The molecule has 0 bridgehead atoms. The van der Waals surface area contributed by atoms with Crippen molar-refractivity contribution in [3.63, 3.8) is 0 Å². The maximum Gasteiger partial charge on any atom is 0.319 e. The fraction of sp³-hybridized carbons (Fsp3) is 0.733. The van der Waals surface area contributed by atoms with Gasteiger partial charge >= 0.3 is 5.97 Å². The molecule has 3 aliphatic rings. The van der Waals surface area contributed by atoms with Crippen LogP contribution in [0.25, 0.3) is 0 Å². The van der Waals surface area contributed by atoms with Gasteiger partial charge in [-0.25, -0.2) is 0 Å². The monoisotopic (exact) mass is 264 g/mol. The van der Waals surface area contributed by atoms with Gasteiger partial charge in [0.25, 0.3) is 0 Å². The number of fused-ring (bicyclic) bond motifs is 1. The molecule has 2 aliphatic carbocycles. The molecule has 0 aromatic heterocycles. The quantitative estimate of drug-likeness (QED) is 0.608. The summed E-state index contributed by atoms with van der Waals surface area (Å²) in [6.45, 7) is 3.58. The Bertz CT molecular complexity index is 469. The second kappa shape index (κ2) is 3.92. The van der Waals surface area contributed by atoms with Crippen LogP contribution in [0.15, 0.2) is 12.2 Å². The van der Waals surface area contributed by atoms with Gasteiger partial charge in [-0.15, -0.1) is 0 Å². The maximum absolute atomic E-state index is 12.1. The van der Waals surface area contributed by atoms with Crippen LogP contribution in [0.2, 0.25) is 0 Å². The van der Waals surface area contributed by atoms with Gasteiger partial charge in [-0.1, -0.05) is 19.1 Å². The number of carbonyl (C=O) groups is 2. The summed E-state index contributed by atoms with van der Waals surface area (Å²) >= 11 is 0. The average Bonchev–Trinajstić information content (AvgIpc) is 2.57. The van der Waals surface area contributed by atoms with Crippen molar-refractivity contribution < 1.29 is 19.4 Å². The third kappa shape index (κ3) is 1.38. The number of ketones is 1. The van der Waals surface area contributed by atoms with Crippen LogP contribution in [0.4, 0.5) is 0 Å². The van der Waals surface area contributed by atoms with E-state index in [1.54, 1.807) is 13.8 Å². The second-order valence-corrected chi connectivity index (χ2v) is 6.30. The zero-order valence-corrected chi connectivity index (χ0v) is 11.4. The molecule has 0 spiro atoms. The minimum atomic E-state index is -1.02. The highest BCUT2D eigenvalue weighted by Crippen LogP contribution is 2.61. The lowest BCUT2D eigenvalue weighted by molar-refractivity contribution is -0.261. The molecule has 5 atom stereocenters. The summed E-state index contributed by atoms with van der Waals surface area (Å²) in [5.41, 5.74) is -1.85. The van der Waals surface area contributed by atoms with Gasteiger partial charge in [0, 0.05) is 12.3 Å². The SMILES string of the molecule is C[C@H]1C(=O)C[C@@]2([C@@H](O)[C@@H]3C=CCCC3)C(=O)O[C@@]12C. The molecule has 0 amide bonds. The first-order valence-electron chi connectivity index (χ1n) is 7.04. The number of aliphatic hydroxyl groups is 1. The molecular weight excluding hydrogens is 244 g/mol. The molecule has 3 rings (SSSR count). The highest BCUT2D eigenvalue weighted by atomic mass is 16.6. The smallest absolute Gasteiger partial charge is 0.319 e. The first kappa shape index (κ1) is 12.9. The Kier molecular flexibility index (Phi) is 2.65. The Morgan fingerprint density at radius 1 is 1.47 bits per heavy atom. The molecule has 0 radical (unpaired) electrons. The number of ether oxygens (including phenoxy) is 1. The van der Waals surface area contributed by atoms with Crippen molar-refractivity contribution in [3.8, 4) is 0 Å². The maximum atomic E-state index is 12.1. The van der Waals surface area contributed by atoms with Crippen LogP contribution in [0.5, 0.6) is 0 Å². The van der Waals surface area contributed by atoms with Crippen molar-refractivity contribution in [2.24, 2.45) is 17.3 Å². The van der Waals surface area contributed by atoms with Crippen molar-refractivity contribution in [2.45, 2.75) is 51.2 Å². The minimum Gasteiger partial charge on any atom is -0.457 e. The van der Waals surface area contributed by atoms with Crippen molar-refractivity contribution in [3.05, 3.63) is 12.2 Å². The van der Waals surface area contributed by atoms with Gasteiger partial charge in [0.1, 0.15) is 16.8 Å². The Hall–Kier alpha value is -1.16. The molecule has 0 unspecified atom stereocenters. The topological polar surface area (TPSA) is 63.6 Å². The van der Waals surface area contributed by atoms with Crippen LogP contribution in [0, 0.1) is 17.3 Å². The van der Waals surface area contributed by atoms with E-state index in [1.807, 2.05) is 6.08 Å². The van der Waals surface area contributed by atoms with Gasteiger partial charge in [-0.05, 0) is 26.2 Å². The molecule has 1 heterocycles. The van der Waals surface area contributed by atoms with E-state index < -0.39 is 23.1 Å². The summed E-state index contributed by atoms with van der Waals surface area (Å²) < 4.78 is 5.30. The predicted octanol–water partition coefficient (Wildman–Crippen LogP) is 1.61. The number of aliphatic hydroxyl groups excluding tert-OH is 1. The van der Waals surface area contributed by atoms with Gasteiger partial charge in [0.2, 0.25) is 0 Å². The molecule has 1 aliphatic heterocycles. The molecule has 2 fully saturated rings. The minimum absolute atomic E-state index is 0.0205. The van der Waals surface area contributed by atoms with Gasteiger partial charge < -0.3 is 9.84 Å². The lowest BCUT2D eigenvalue weighted by Crippen LogP contribution is -2.70. The van der Waals surface area contributed by atoms with Gasteiger partial charge in [0.05, 0.1) is 12.0 Å². The van der Waals surface area contributed by atoms with E-state index in [1.165, 1.54) is 0 Å². The van der Waals surface area contributed by atoms with E-state index in [0.717, 1.165) is 19.3 Å². The number of hydrogen-bond acceptors (Lipinski definition) is 4. The van der Waals surface area contributed by atoms with Gasteiger partial charge in [-0.2, -0.15) is 0 Å². The standard InChI is InChI=1S/C15H20O4/c1-9-11(16)8-15(13(18)19-14(9,15)2)12(17)10-6-4-3-5-7-10/h4,6,9-10,12,17H,3,5,7-8H2,1-2H3/t9-,10+,12-,14-,15+/m0/s1. The van der Waals surface area contributed by atoms with E-state index in [0.29, 0.717) is 0 Å². The largest absolute Gasteiger partial charge is 0.457 e. The second-order valence-electron chi connectivity index (χ2n) is 6.30. The van der Waals surface area contributed by atoms with E-state index in [9.17, 15) is 14.7 Å². The van der Waals surface area contributed by atoms with Gasteiger partial charge in [0.15, 0.2) is 0 Å². The summed E-state index contributed by atoms with van der Waals surface area (Å²) in [4.78, 5) is 24.1. The molecule has 19 heavy (non-hydrogen) atoms. The Balaban J connectivity index is 1.97. The number of carbonyl (C=O) groups excluding carboxylic acids is 2. The Morgan fingerprint density at radius 2 is 2.21 bits per heavy atom. The third-order valence-electron chi connectivity index (χ3n) is 5.52. The molecule has 0 aromatic carbocycles. The van der Waals surface area contributed by atoms with E-state index in [2.05, 4.69) is 6.08 Å². The lowest BCUT2D eigenvalue weighted by Gasteiger charge is -2.55. The number of Topliss-reactive ketones (excluding diaryl/α,β-unsaturated/α-hetero) is 1. The summed E-state index contributed by atoms with van der Waals surface area (Å²) in [7, 11) is 0. The molecule has 4 heteroatoms. The van der Waals surface area contributed by atoms with Crippen LogP contribution in [-0.4, -0.2) is 28.6 Å². The summed E-state index contributed by atoms with van der Waals surface area (Å²) in [6, 6.07) is 0. The van der Waals surface area contributed by atoms with Crippen LogP contribution in [0.1, 0.15) is 39.5 Å². The molecule has 1 saturated heterocycles. The molecule has 104 valence electrons. The predicted molar refractivity (Wildman–Crippen MR) is 68.2 cm³/mol. The summed E-state index contributed by atoms with van der Waals surface area (Å²) in [6.07, 6.45) is 6.25. The zero-order valence-electron chi connectivity index (χ0n) is 11.4. The lowest BCUT2D eigenvalue weighted by atomic mass is 9.61. The Morgan fingerprint density at radius 3 is 2.74 bits per heavy atom.